The number of likely N-dealkylation sites (N-methyl/N-ethyl adjacent to an activating group) is 1. The van der Waals surface area contributed by atoms with Gasteiger partial charge in [-0.1, -0.05) is 0 Å². The van der Waals surface area contributed by atoms with Crippen molar-refractivity contribution in [2.24, 2.45) is 5.92 Å². The monoisotopic (exact) mass is 405 g/mol. The zero-order chi connectivity index (χ0) is 20.8. The lowest BCUT2D eigenvalue weighted by Crippen LogP contribution is -2.48. The predicted molar refractivity (Wildman–Crippen MR) is 112 cm³/mol. The summed E-state index contributed by atoms with van der Waals surface area (Å²) in [7, 11) is 2.19. The van der Waals surface area contributed by atoms with E-state index in [1.165, 1.54) is 38.1 Å². The first-order valence-corrected chi connectivity index (χ1v) is 10.8. The van der Waals surface area contributed by atoms with Gasteiger partial charge in [-0.2, -0.15) is 0 Å². The first kappa shape index (κ1) is 21.9. The van der Waals surface area contributed by atoms with Gasteiger partial charge < -0.3 is 14.7 Å². The van der Waals surface area contributed by atoms with Crippen molar-refractivity contribution in [3.63, 3.8) is 0 Å². The number of piperidine rings is 2. The molecular formula is C23H33F2N3O. The average molecular weight is 406 g/mol. The molecule has 2 aliphatic heterocycles. The Balaban J connectivity index is 1.49. The summed E-state index contributed by atoms with van der Waals surface area (Å²) in [6, 6.07) is 3.97. The second-order valence-corrected chi connectivity index (χ2v) is 8.39. The number of hydrogen-bond donors (Lipinski definition) is 0. The molecule has 29 heavy (non-hydrogen) atoms. The summed E-state index contributed by atoms with van der Waals surface area (Å²) in [5.41, 5.74) is 0.0980. The Bertz CT molecular complexity index is 708. The maximum Gasteiger partial charge on any atom is 0.246 e. The minimum Gasteiger partial charge on any atom is -0.339 e. The van der Waals surface area contributed by atoms with Crippen LogP contribution in [-0.2, 0) is 4.79 Å². The van der Waals surface area contributed by atoms with E-state index >= 15 is 0 Å². The summed E-state index contributed by atoms with van der Waals surface area (Å²) in [6.07, 6.45) is 7.45. The van der Waals surface area contributed by atoms with Crippen LogP contribution < -0.4 is 0 Å². The lowest BCUT2D eigenvalue weighted by molar-refractivity contribution is -0.126. The van der Waals surface area contributed by atoms with Crippen LogP contribution in [0.1, 0.15) is 38.2 Å². The number of likely N-dealkylation sites (tertiary alicyclic amines) is 2. The Kier molecular flexibility index (Phi) is 7.78. The minimum absolute atomic E-state index is 0.0980. The van der Waals surface area contributed by atoms with Crippen LogP contribution in [0.2, 0.25) is 0 Å². The van der Waals surface area contributed by atoms with Crippen molar-refractivity contribution in [1.29, 1.82) is 0 Å². The van der Waals surface area contributed by atoms with E-state index in [-0.39, 0.29) is 11.5 Å². The van der Waals surface area contributed by atoms with Crippen LogP contribution in [0.3, 0.4) is 0 Å². The molecule has 1 aromatic rings. The van der Waals surface area contributed by atoms with E-state index in [2.05, 4.69) is 16.8 Å². The SMILES string of the molecule is CCN(CC1CCN(C2CCN(C)CC2)CC1)C(=O)/C=C/c1cc(F)ccc1F. The molecule has 0 aliphatic carbocycles. The Hall–Kier alpha value is -1.79. The van der Waals surface area contributed by atoms with E-state index < -0.39 is 11.6 Å². The fourth-order valence-electron chi connectivity index (χ4n) is 4.46. The molecule has 2 aliphatic rings. The van der Waals surface area contributed by atoms with Crippen molar-refractivity contribution in [2.75, 3.05) is 46.3 Å². The van der Waals surface area contributed by atoms with Gasteiger partial charge in [0.25, 0.3) is 0 Å². The van der Waals surface area contributed by atoms with Crippen molar-refractivity contribution in [3.05, 3.63) is 41.5 Å². The summed E-state index contributed by atoms with van der Waals surface area (Å²) >= 11 is 0. The van der Waals surface area contributed by atoms with Gasteiger partial charge in [0.15, 0.2) is 0 Å². The van der Waals surface area contributed by atoms with Gasteiger partial charge in [0.05, 0.1) is 0 Å². The van der Waals surface area contributed by atoms with Crippen LogP contribution in [0.4, 0.5) is 8.78 Å². The maximum absolute atomic E-state index is 13.7. The summed E-state index contributed by atoms with van der Waals surface area (Å²) in [5.74, 6) is -0.684. The summed E-state index contributed by atoms with van der Waals surface area (Å²) in [4.78, 5) is 19.4. The van der Waals surface area contributed by atoms with Gasteiger partial charge in [-0.3, -0.25) is 4.79 Å². The summed E-state index contributed by atoms with van der Waals surface area (Å²) in [6.45, 7) is 7.88. The zero-order valence-corrected chi connectivity index (χ0v) is 17.6. The van der Waals surface area contributed by atoms with E-state index in [1.807, 2.05) is 11.8 Å². The number of benzene rings is 1. The molecule has 2 fully saturated rings. The van der Waals surface area contributed by atoms with Gasteiger partial charge in [-0.15, -0.1) is 0 Å². The van der Waals surface area contributed by atoms with Crippen LogP contribution in [0.25, 0.3) is 6.08 Å². The normalized spacial score (nSPS) is 20.4. The van der Waals surface area contributed by atoms with Crippen LogP contribution in [-0.4, -0.2) is 73.0 Å². The minimum atomic E-state index is -0.528. The maximum atomic E-state index is 13.7. The Morgan fingerprint density at radius 1 is 1.14 bits per heavy atom. The number of amides is 1. The van der Waals surface area contributed by atoms with Crippen LogP contribution in [0.15, 0.2) is 24.3 Å². The van der Waals surface area contributed by atoms with Gasteiger partial charge >= 0.3 is 0 Å². The molecular weight excluding hydrogens is 372 g/mol. The topological polar surface area (TPSA) is 26.8 Å². The molecule has 1 amide bonds. The molecule has 4 nitrogen and oxygen atoms in total. The number of carbonyl (C=O) groups excluding carboxylic acids is 1. The van der Waals surface area contributed by atoms with Gasteiger partial charge in [0.1, 0.15) is 11.6 Å². The highest BCUT2D eigenvalue weighted by Crippen LogP contribution is 2.24. The highest BCUT2D eigenvalue weighted by atomic mass is 19.1. The molecule has 0 saturated carbocycles. The first-order valence-electron chi connectivity index (χ1n) is 10.8. The van der Waals surface area contributed by atoms with Crippen molar-refractivity contribution in [1.82, 2.24) is 14.7 Å². The van der Waals surface area contributed by atoms with E-state index in [1.54, 1.807) is 0 Å². The molecule has 0 aromatic heterocycles. The molecule has 0 spiro atoms. The van der Waals surface area contributed by atoms with Crippen LogP contribution in [0, 0.1) is 17.6 Å². The fourth-order valence-corrected chi connectivity index (χ4v) is 4.46. The molecule has 0 bridgehead atoms. The van der Waals surface area contributed by atoms with E-state index in [9.17, 15) is 13.6 Å². The Morgan fingerprint density at radius 3 is 2.48 bits per heavy atom. The quantitative estimate of drug-likeness (QED) is 0.676. The second-order valence-electron chi connectivity index (χ2n) is 8.39. The van der Waals surface area contributed by atoms with E-state index in [4.69, 9.17) is 0 Å². The molecule has 2 saturated heterocycles. The standard InChI is InChI=1S/C23H33F2N3O/c1-3-27(23(29)7-4-19-16-20(24)5-6-22(19)25)17-18-8-14-28(15-9-18)21-10-12-26(2)13-11-21/h4-7,16,18,21H,3,8-15,17H2,1-2H3/b7-4+. The van der Waals surface area contributed by atoms with Gasteiger partial charge in [0.2, 0.25) is 5.91 Å². The highest BCUT2D eigenvalue weighted by Gasteiger charge is 2.28. The fraction of sp³-hybridized carbons (Fsp3) is 0.609. The van der Waals surface area contributed by atoms with Gasteiger partial charge in [0, 0.05) is 30.8 Å². The van der Waals surface area contributed by atoms with Gasteiger partial charge in [-0.25, -0.2) is 8.78 Å². The average Bonchev–Trinajstić information content (AvgIpc) is 2.73. The third-order valence-corrected chi connectivity index (χ3v) is 6.39. The number of carbonyl (C=O) groups is 1. The van der Waals surface area contributed by atoms with Crippen molar-refractivity contribution in [3.8, 4) is 0 Å². The number of rotatable bonds is 6. The number of nitrogens with zero attached hydrogens (tertiary/aromatic N) is 3. The lowest BCUT2D eigenvalue weighted by Gasteiger charge is -2.41. The van der Waals surface area contributed by atoms with Crippen molar-refractivity contribution < 1.29 is 13.6 Å². The van der Waals surface area contributed by atoms with Crippen LogP contribution in [0.5, 0.6) is 0 Å². The van der Waals surface area contributed by atoms with E-state index in [0.29, 0.717) is 18.5 Å². The third-order valence-electron chi connectivity index (χ3n) is 6.39. The molecule has 1 aromatic carbocycles. The molecule has 160 valence electrons. The zero-order valence-electron chi connectivity index (χ0n) is 17.6. The van der Waals surface area contributed by atoms with Crippen LogP contribution >= 0.6 is 0 Å². The van der Waals surface area contributed by atoms with Gasteiger partial charge in [-0.05, 0) is 96.0 Å². The van der Waals surface area contributed by atoms with E-state index in [0.717, 1.165) is 50.7 Å². The summed E-state index contributed by atoms with van der Waals surface area (Å²) in [5, 5.41) is 0. The van der Waals surface area contributed by atoms with Crippen molar-refractivity contribution >= 4 is 12.0 Å². The Morgan fingerprint density at radius 2 is 1.83 bits per heavy atom. The molecule has 2 heterocycles. The largest absolute Gasteiger partial charge is 0.339 e. The second kappa shape index (κ2) is 10.3. The third kappa shape index (κ3) is 6.09. The highest BCUT2D eigenvalue weighted by molar-refractivity contribution is 5.91. The lowest BCUT2D eigenvalue weighted by atomic mass is 9.93. The number of halogens is 2. The number of hydrogen-bond acceptors (Lipinski definition) is 3. The molecule has 0 N–H and O–H groups in total. The Labute approximate surface area is 173 Å². The molecule has 0 unspecified atom stereocenters. The molecule has 3 rings (SSSR count). The molecule has 6 heteroatoms. The van der Waals surface area contributed by atoms with Crippen molar-refractivity contribution in [2.45, 2.75) is 38.6 Å². The summed E-state index contributed by atoms with van der Waals surface area (Å²) < 4.78 is 27.0. The molecule has 0 atom stereocenters. The first-order chi connectivity index (χ1) is 14.0. The predicted octanol–water partition coefficient (Wildman–Crippen LogP) is 3.63. The molecule has 0 radical (unpaired) electrons. The smallest absolute Gasteiger partial charge is 0.246 e.